The molecule has 1 heterocycles. The molecule has 0 saturated carbocycles. The van der Waals surface area contributed by atoms with E-state index in [1.807, 2.05) is 11.3 Å². The molecule has 0 N–H and O–H groups in total. The largest absolute Gasteiger partial charge is 0.310 e. The van der Waals surface area contributed by atoms with Gasteiger partial charge in [0.2, 0.25) is 0 Å². The van der Waals surface area contributed by atoms with Crippen LogP contribution >= 0.6 is 11.3 Å². The van der Waals surface area contributed by atoms with E-state index in [0.717, 1.165) is 11.4 Å². The zero-order valence-corrected chi connectivity index (χ0v) is 32.1. The summed E-state index contributed by atoms with van der Waals surface area (Å²) in [6.07, 6.45) is 0. The molecular formula is C54H37NS. The molecule has 0 aliphatic heterocycles. The molecule has 12 rings (SSSR count). The third-order valence-electron chi connectivity index (χ3n) is 12.9. The maximum Gasteiger partial charge on any atom is 0.0740 e. The maximum absolute atomic E-state index is 2.50. The van der Waals surface area contributed by atoms with Gasteiger partial charge in [0.1, 0.15) is 0 Å². The topological polar surface area (TPSA) is 3.24 Å². The molecule has 2 heteroatoms. The van der Waals surface area contributed by atoms with Crippen LogP contribution in [0.1, 0.15) is 47.2 Å². The SMILES string of the molecule is CC1(C)c2ccccc2-c2ccc(N(c3ccccc3)c3ccc(-c4ccc5c(c4)C4(c6ccccc6-5)c5ccccc5-c5sc6ccccc6c54)cc3)cc21. The quantitative estimate of drug-likeness (QED) is 0.174. The van der Waals surface area contributed by atoms with Gasteiger partial charge in [-0.25, -0.2) is 0 Å². The van der Waals surface area contributed by atoms with Gasteiger partial charge in [0, 0.05) is 32.1 Å². The first-order chi connectivity index (χ1) is 27.5. The van der Waals surface area contributed by atoms with Crippen molar-refractivity contribution in [1.29, 1.82) is 0 Å². The predicted molar refractivity (Wildman–Crippen MR) is 236 cm³/mol. The highest BCUT2D eigenvalue weighted by atomic mass is 32.1. The van der Waals surface area contributed by atoms with E-state index in [1.54, 1.807) is 0 Å². The van der Waals surface area contributed by atoms with E-state index in [-0.39, 0.29) is 10.8 Å². The Morgan fingerprint density at radius 2 is 0.929 bits per heavy atom. The van der Waals surface area contributed by atoms with Gasteiger partial charge in [-0.1, -0.05) is 153 Å². The third kappa shape index (κ3) is 4.14. The van der Waals surface area contributed by atoms with Crippen LogP contribution < -0.4 is 4.90 Å². The smallest absolute Gasteiger partial charge is 0.0740 e. The molecule has 1 atom stereocenters. The monoisotopic (exact) mass is 731 g/mol. The van der Waals surface area contributed by atoms with Crippen LogP contribution in [-0.4, -0.2) is 0 Å². The minimum absolute atomic E-state index is 0.0748. The van der Waals surface area contributed by atoms with Crippen molar-refractivity contribution in [3.63, 3.8) is 0 Å². The maximum atomic E-state index is 2.50. The summed E-state index contributed by atoms with van der Waals surface area (Å²) < 4.78 is 1.35. The number of hydrogen-bond donors (Lipinski definition) is 0. The summed E-state index contributed by atoms with van der Waals surface area (Å²) in [7, 11) is 0. The normalized spacial score (nSPS) is 16.2. The number of thiophene rings is 1. The zero-order valence-electron chi connectivity index (χ0n) is 31.3. The Hall–Kier alpha value is -6.48. The lowest BCUT2D eigenvalue weighted by molar-refractivity contribution is 0.660. The van der Waals surface area contributed by atoms with Crippen molar-refractivity contribution < 1.29 is 0 Å². The van der Waals surface area contributed by atoms with Crippen LogP contribution in [0.4, 0.5) is 17.1 Å². The molecular weight excluding hydrogens is 695 g/mol. The van der Waals surface area contributed by atoms with Crippen molar-refractivity contribution in [3.8, 4) is 43.8 Å². The molecule has 56 heavy (non-hydrogen) atoms. The van der Waals surface area contributed by atoms with E-state index in [4.69, 9.17) is 0 Å². The van der Waals surface area contributed by atoms with Gasteiger partial charge in [-0.2, -0.15) is 0 Å². The van der Waals surface area contributed by atoms with Crippen molar-refractivity contribution in [2.45, 2.75) is 24.7 Å². The van der Waals surface area contributed by atoms with Crippen LogP contribution in [-0.2, 0) is 10.8 Å². The van der Waals surface area contributed by atoms with Crippen LogP contribution in [0.25, 0.3) is 53.9 Å². The molecule has 1 aromatic heterocycles. The fourth-order valence-electron chi connectivity index (χ4n) is 10.4. The highest BCUT2D eigenvalue weighted by Gasteiger charge is 2.53. The van der Waals surface area contributed by atoms with Gasteiger partial charge in [0.05, 0.1) is 5.41 Å². The fourth-order valence-corrected chi connectivity index (χ4v) is 11.7. The van der Waals surface area contributed by atoms with Gasteiger partial charge in [-0.15, -0.1) is 11.3 Å². The summed E-state index contributed by atoms with van der Waals surface area (Å²) in [4.78, 5) is 3.80. The standard InChI is InChI=1S/C54H37NS/c1-53(2)45-20-10-6-16-39(45)41-31-29-38(33-48(41)53)55(36-14-4-3-5-15-36)37-27-24-34(25-28-37)35-26-30-42-40-17-7-11-21-46(40)54(49(42)32-35)47-22-12-8-18-43(47)52-51(54)44-19-9-13-23-50(44)56-52/h3-33H,1-2H3. The first-order valence-corrected chi connectivity index (χ1v) is 20.4. The summed E-state index contributed by atoms with van der Waals surface area (Å²) in [5.41, 5.74) is 20.5. The van der Waals surface area contributed by atoms with Crippen LogP contribution in [0.3, 0.4) is 0 Å². The van der Waals surface area contributed by atoms with E-state index in [0.29, 0.717) is 0 Å². The lowest BCUT2D eigenvalue weighted by Crippen LogP contribution is -2.25. The minimum Gasteiger partial charge on any atom is -0.310 e. The summed E-state index contributed by atoms with van der Waals surface area (Å²) >= 11 is 1.94. The second-order valence-corrected chi connectivity index (χ2v) is 17.1. The van der Waals surface area contributed by atoms with Crippen LogP contribution in [0, 0.1) is 0 Å². The van der Waals surface area contributed by atoms with Gasteiger partial charge in [-0.3, -0.25) is 0 Å². The van der Waals surface area contributed by atoms with E-state index in [2.05, 4.69) is 207 Å². The second kappa shape index (κ2) is 11.5. The lowest BCUT2D eigenvalue weighted by atomic mass is 9.70. The molecule has 0 saturated heterocycles. The van der Waals surface area contributed by atoms with E-state index < -0.39 is 0 Å². The molecule has 0 bridgehead atoms. The number of para-hydroxylation sites is 1. The molecule has 264 valence electrons. The molecule has 8 aromatic carbocycles. The van der Waals surface area contributed by atoms with Gasteiger partial charge in [0.15, 0.2) is 0 Å². The fraction of sp³-hybridized carbons (Fsp3) is 0.0741. The Balaban J connectivity index is 1.00. The Kier molecular flexibility index (Phi) is 6.55. The molecule has 3 aliphatic carbocycles. The Morgan fingerprint density at radius 3 is 1.71 bits per heavy atom. The number of hydrogen-bond acceptors (Lipinski definition) is 2. The van der Waals surface area contributed by atoms with Crippen molar-refractivity contribution in [3.05, 3.63) is 221 Å². The molecule has 3 aliphatic rings. The van der Waals surface area contributed by atoms with E-state index in [9.17, 15) is 0 Å². The average Bonchev–Trinajstić information content (AvgIpc) is 3.93. The van der Waals surface area contributed by atoms with Crippen molar-refractivity contribution in [2.75, 3.05) is 4.90 Å². The zero-order chi connectivity index (χ0) is 37.2. The Labute approximate surface area is 331 Å². The average molecular weight is 732 g/mol. The minimum atomic E-state index is -0.376. The second-order valence-electron chi connectivity index (χ2n) is 16.0. The lowest BCUT2D eigenvalue weighted by Gasteiger charge is -2.30. The predicted octanol–water partition coefficient (Wildman–Crippen LogP) is 14.7. The Bertz CT molecular complexity index is 3060. The summed E-state index contributed by atoms with van der Waals surface area (Å²) in [5.74, 6) is 0. The van der Waals surface area contributed by atoms with Crippen molar-refractivity contribution in [1.82, 2.24) is 0 Å². The summed E-state index contributed by atoms with van der Waals surface area (Å²) in [5, 5.41) is 1.36. The molecule has 0 amide bonds. The summed E-state index contributed by atoms with van der Waals surface area (Å²) in [6.45, 7) is 4.71. The third-order valence-corrected chi connectivity index (χ3v) is 14.1. The molecule has 0 fully saturated rings. The van der Waals surface area contributed by atoms with Crippen LogP contribution in [0.2, 0.25) is 0 Å². The van der Waals surface area contributed by atoms with Crippen molar-refractivity contribution >= 4 is 38.5 Å². The highest BCUT2D eigenvalue weighted by Crippen LogP contribution is 2.66. The van der Waals surface area contributed by atoms with Gasteiger partial charge in [0.25, 0.3) is 0 Å². The number of benzene rings is 8. The van der Waals surface area contributed by atoms with E-state index in [1.165, 1.54) is 93.0 Å². The number of rotatable bonds is 4. The van der Waals surface area contributed by atoms with E-state index >= 15 is 0 Å². The molecule has 1 nitrogen and oxygen atoms in total. The van der Waals surface area contributed by atoms with Crippen LogP contribution in [0.15, 0.2) is 188 Å². The molecule has 9 aromatic rings. The summed E-state index contributed by atoms with van der Waals surface area (Å²) in [6, 6.07) is 70.3. The highest BCUT2D eigenvalue weighted by molar-refractivity contribution is 7.22. The van der Waals surface area contributed by atoms with Gasteiger partial charge < -0.3 is 4.90 Å². The Morgan fingerprint density at radius 1 is 0.393 bits per heavy atom. The van der Waals surface area contributed by atoms with Crippen LogP contribution in [0.5, 0.6) is 0 Å². The molecule has 0 radical (unpaired) electrons. The molecule has 1 spiro atoms. The number of nitrogens with zero attached hydrogens (tertiary/aromatic N) is 1. The van der Waals surface area contributed by atoms with Gasteiger partial charge in [-0.05, 0) is 126 Å². The number of anilines is 3. The molecule has 1 unspecified atom stereocenters. The number of fused-ring (bicyclic) bond motifs is 15. The first kappa shape index (κ1) is 31.8. The van der Waals surface area contributed by atoms with Gasteiger partial charge >= 0.3 is 0 Å². The first-order valence-electron chi connectivity index (χ1n) is 19.6. The van der Waals surface area contributed by atoms with Crippen molar-refractivity contribution in [2.24, 2.45) is 0 Å².